The lowest BCUT2D eigenvalue weighted by atomic mass is 10.1. The molecule has 142 heavy (non-hydrogen) atoms. The van der Waals surface area contributed by atoms with Crippen LogP contribution in [0.2, 0.25) is 0 Å². The monoisotopic (exact) mass is 2100 g/mol. The Morgan fingerprint density at radius 1 is 0.331 bits per heavy atom. The molecule has 3 N–H and O–H groups in total. The fourth-order valence-electron chi connectivity index (χ4n) is 16.6. The molecular weight excluding hydrogens is 1870 g/mol. The third-order valence-corrected chi connectivity index (χ3v) is 33.6. The van der Waals surface area contributed by atoms with Crippen LogP contribution in [0, 0.1) is 0 Å². The molecule has 11 fully saturated rings. The third kappa shape index (κ3) is 67.9. The minimum Gasteiger partial charge on any atom is -0.479 e. The first-order chi connectivity index (χ1) is 67.3. The van der Waals surface area contributed by atoms with Crippen molar-refractivity contribution in [1.82, 2.24) is 108 Å². The van der Waals surface area contributed by atoms with Crippen molar-refractivity contribution >= 4 is 55.3 Å². The average molecular weight is 2100 g/mol. The molecule has 16 heterocycles. The van der Waals surface area contributed by atoms with Crippen LogP contribution in [0.5, 0.6) is 0 Å². The summed E-state index contributed by atoms with van der Waals surface area (Å²) in [6.45, 7) is 102. The van der Waals surface area contributed by atoms with E-state index in [-0.39, 0.29) is 6.04 Å². The summed E-state index contributed by atoms with van der Waals surface area (Å²) >= 11 is 5.91. The average Bonchev–Trinajstić information content (AvgIpc) is 1.69. The molecule has 0 saturated carbocycles. The molecule has 0 atom stereocenters. The van der Waals surface area contributed by atoms with E-state index < -0.39 is 19.9 Å². The maximum Gasteiger partial charge on any atom is 0.214 e. The first-order valence-corrected chi connectivity index (χ1v) is 62.5. The Hall–Kier alpha value is -3.14. The Morgan fingerprint density at radius 3 is 1.05 bits per heavy atom. The van der Waals surface area contributed by atoms with E-state index in [0.29, 0.717) is 85.2 Å². The van der Waals surface area contributed by atoms with E-state index >= 15 is 0 Å². The summed E-state index contributed by atoms with van der Waals surface area (Å²) in [5, 5.41) is 19.6. The fraction of sp³-hybridized carbons (Fsp3) is 0.881. The number of nitrogens with one attached hydrogen (secondary N) is 3. The summed E-state index contributed by atoms with van der Waals surface area (Å²) in [5.41, 5.74) is 0. The van der Waals surface area contributed by atoms with Crippen molar-refractivity contribution in [2.45, 2.75) is 402 Å². The number of piperazine rings is 1. The Bertz CT molecular complexity index is 3260. The van der Waals surface area contributed by atoms with Crippen LogP contribution < -0.4 is 16.0 Å². The van der Waals surface area contributed by atoms with E-state index in [1.165, 1.54) is 199 Å². The molecule has 11 saturated heterocycles. The van der Waals surface area contributed by atoms with E-state index in [2.05, 4.69) is 342 Å². The number of hydrogen-bond acceptors (Lipinski definition) is 27. The van der Waals surface area contributed by atoms with Crippen molar-refractivity contribution < 1.29 is 26.3 Å². The minimum atomic E-state index is -2.85. The van der Waals surface area contributed by atoms with Gasteiger partial charge < -0.3 is 59.1 Å². The quantitative estimate of drug-likeness (QED) is 0.114. The van der Waals surface area contributed by atoms with E-state index in [1.807, 2.05) is 74.6 Å². The SMILES string of the molecule is CC(C)N1C=COC1.CC(C)N1C=CSC1.CC(C)N1CCCC1.CC(C)N1CCCCC1.CC(C)N1CCCCCC1.CC(C)N1CCCNC1.CC(C)N1CCCNCC1.CC(C)N1CCCS1.CC(C)N1CCCS1(=O)=O.CC(C)N1CCNCC1.CC(C)N1CCOCC1.CC(C)N1CCS(=O)(=O)CC1.CC(C)N1CCSCC1.CC(C)n1cccc1.CC(C)n1ccnc1.CC(C)n1ccnn1. The van der Waals surface area contributed by atoms with Crippen LogP contribution in [0.3, 0.4) is 0 Å². The van der Waals surface area contributed by atoms with Gasteiger partial charge in [0.25, 0.3) is 0 Å². The van der Waals surface area contributed by atoms with Gasteiger partial charge in [-0.1, -0.05) is 36.4 Å². The van der Waals surface area contributed by atoms with Gasteiger partial charge in [0.1, 0.15) is 6.26 Å². The number of thioether (sulfide) groups is 2. The summed E-state index contributed by atoms with van der Waals surface area (Å²) in [6.07, 6.45) is 36.7. The molecule has 0 aromatic carbocycles. The number of sulfone groups is 1. The zero-order valence-corrected chi connectivity index (χ0v) is 101. The Morgan fingerprint density at radius 2 is 0.754 bits per heavy atom. The maximum atomic E-state index is 11.1. The highest BCUT2D eigenvalue weighted by Gasteiger charge is 2.30. The molecule has 13 aliphatic heterocycles. The molecule has 16 rings (SSSR count). The lowest BCUT2D eigenvalue weighted by Crippen LogP contribution is -2.46. The van der Waals surface area contributed by atoms with Gasteiger partial charge in [-0.3, -0.25) is 34.1 Å². The van der Waals surface area contributed by atoms with Gasteiger partial charge in [0, 0.05) is 262 Å². The van der Waals surface area contributed by atoms with Crippen LogP contribution in [-0.2, 0) is 29.3 Å². The largest absolute Gasteiger partial charge is 0.479 e. The van der Waals surface area contributed by atoms with Gasteiger partial charge in [-0.25, -0.2) is 26.1 Å². The zero-order valence-electron chi connectivity index (χ0n) is 97.2. The first kappa shape index (κ1) is 137. The van der Waals surface area contributed by atoms with Gasteiger partial charge >= 0.3 is 0 Å². The topological polar surface area (TPSA) is 218 Å². The number of rotatable bonds is 16. The molecule has 0 amide bonds. The maximum absolute atomic E-state index is 11.1. The van der Waals surface area contributed by atoms with Crippen molar-refractivity contribution in [2.75, 3.05) is 224 Å². The number of piperidine rings is 1. The molecule has 0 bridgehead atoms. The Kier molecular flexibility index (Phi) is 79.6. The van der Waals surface area contributed by atoms with Crippen LogP contribution in [0.25, 0.3) is 0 Å². The first-order valence-electron chi connectivity index (χ1n) is 55.9. The molecular formula is C109H224N22O6S5. The van der Waals surface area contributed by atoms with Crippen molar-refractivity contribution in [3.05, 3.63) is 79.7 Å². The normalized spacial score (nSPS) is 20.7. The standard InChI is InChI=1S/C9H19N.C8H18N2.C8H17N.2C7H16N2.C7H15NO2S.C7H15NO.C7H15NS.C7H15N.C7H11N.C6H10N2.C6H13NO2S.C6H11NO.C6H11NS.C6H13NS.C5H9N3/c1-9(2)10-7-5-3-4-6-8-10;1-8(2)10-6-3-4-9-5-7-10;1-8(2)9-6-4-3-5-7-9;1-7(2)9-5-3-8-4-6-9;1-7(2)9-5-3-4-8-6-9;1-7(2)8-3-5-11(9,10)6-4-8;2*1-7(2)8-3-5-9-6-4-8;2*1-7(2)8-5-3-4-6-8;1-6(2)8-4-3-7-5-8;1-6(2)7-4-3-5-10(7,8)9;2*1-6(2)7-3-4-8-5-7;1-6(2)7-4-3-5-8-7;1-5(2)8-4-3-6-7-8/h9H,3-8H2,1-2H3;8-9H,3-7H2,1-2H3;8H,3-7H2,1-2H3;2*7-8H,3-6H2,1-2H3;7H,3-6H2,1-2H3;2*7H,3-6H2,1-2H3;7H,3-6H2,1-2H3;3-7H,1-2H3;3-6H,1-2H3;6H,3-5H2,1-2H3;2*3-4,6H,5H2,1-2H3;6H,3-5H2,1-2H3;3-5H,1-2H3. The molecule has 0 unspecified atom stereocenters. The number of likely N-dealkylation sites (tertiary alicyclic amines) is 3. The van der Waals surface area contributed by atoms with E-state index in [1.54, 1.807) is 27.6 Å². The van der Waals surface area contributed by atoms with Crippen LogP contribution in [0.15, 0.2) is 79.7 Å². The fourth-order valence-corrected chi connectivity index (χ4v) is 22.4. The summed E-state index contributed by atoms with van der Waals surface area (Å²) in [7, 11) is -5.54. The predicted molar refractivity (Wildman–Crippen MR) is 619 cm³/mol. The van der Waals surface area contributed by atoms with Crippen molar-refractivity contribution in [1.29, 1.82) is 0 Å². The highest BCUT2D eigenvalue weighted by Crippen LogP contribution is 2.23. The number of nitrogens with zero attached hydrogens (tertiary/aromatic N) is 19. The van der Waals surface area contributed by atoms with E-state index in [4.69, 9.17) is 9.47 Å². The second-order valence-electron chi connectivity index (χ2n) is 43.3. The van der Waals surface area contributed by atoms with E-state index in [0.717, 1.165) is 114 Å². The van der Waals surface area contributed by atoms with Crippen molar-refractivity contribution in [3.63, 3.8) is 0 Å². The molecule has 28 nitrogen and oxygen atoms in total. The second-order valence-corrected chi connectivity index (χ2v) is 50.9. The van der Waals surface area contributed by atoms with Crippen LogP contribution in [0.4, 0.5) is 0 Å². The van der Waals surface area contributed by atoms with Gasteiger partial charge in [0.05, 0.1) is 48.9 Å². The highest BCUT2D eigenvalue weighted by molar-refractivity contribution is 8.02. The Balaban J connectivity index is 0.000000758. The number of hydrogen-bond donors (Lipinski definition) is 3. The molecule has 0 aliphatic carbocycles. The number of sulfonamides is 1. The number of ether oxygens (including phenoxy) is 2. The minimum absolute atomic E-state index is 0.132. The molecule has 33 heteroatoms. The zero-order chi connectivity index (χ0) is 106. The second kappa shape index (κ2) is 82.6. The van der Waals surface area contributed by atoms with Gasteiger partial charge in [-0.05, 0) is 362 Å². The summed E-state index contributed by atoms with van der Waals surface area (Å²) < 4.78 is 64.4. The number of imidazole rings is 1. The van der Waals surface area contributed by atoms with Gasteiger partial charge in [0.15, 0.2) is 16.6 Å². The summed E-state index contributed by atoms with van der Waals surface area (Å²) in [5.74, 6) is 6.15. The molecule has 0 spiro atoms. The summed E-state index contributed by atoms with van der Waals surface area (Å²) in [6, 6.07) is 14.1. The van der Waals surface area contributed by atoms with Gasteiger partial charge in [0.2, 0.25) is 10.0 Å². The highest BCUT2D eigenvalue weighted by atomic mass is 32.2. The van der Waals surface area contributed by atoms with Crippen molar-refractivity contribution in [3.8, 4) is 0 Å². The smallest absolute Gasteiger partial charge is 0.214 e. The molecule has 13 aliphatic rings. The number of morpholine rings is 1. The lowest BCUT2D eigenvalue weighted by molar-refractivity contribution is 0.0238. The predicted octanol–water partition coefficient (Wildman–Crippen LogP) is 19.2. The molecule has 3 aromatic heterocycles. The van der Waals surface area contributed by atoms with Gasteiger partial charge in [-0.15, -0.1) is 16.9 Å². The summed E-state index contributed by atoms with van der Waals surface area (Å²) in [4.78, 5) is 30.7. The van der Waals surface area contributed by atoms with Crippen LogP contribution in [-0.4, -0.2) is 411 Å². The molecule has 836 valence electrons. The Labute approximate surface area is 888 Å². The van der Waals surface area contributed by atoms with Crippen molar-refractivity contribution in [2.24, 2.45) is 0 Å². The lowest BCUT2D eigenvalue weighted by Gasteiger charge is -2.30. The number of aromatic nitrogens is 6. The molecule has 3 aromatic rings. The van der Waals surface area contributed by atoms with Gasteiger partial charge in [-0.2, -0.15) is 16.1 Å². The molecule has 0 radical (unpaired) electrons. The van der Waals surface area contributed by atoms with Crippen LogP contribution >= 0.6 is 35.5 Å². The van der Waals surface area contributed by atoms with E-state index in [9.17, 15) is 16.8 Å². The van der Waals surface area contributed by atoms with Crippen LogP contribution in [0.1, 0.15) is 323 Å². The third-order valence-electron chi connectivity index (χ3n) is 26.7.